The molecule has 0 saturated carbocycles. The number of benzene rings is 1. The first-order valence-electron chi connectivity index (χ1n) is 8.89. The molecular weight excluding hydrogens is 330 g/mol. The zero-order chi connectivity index (χ0) is 18.2. The number of hydrogen-bond donors (Lipinski definition) is 2. The topological polar surface area (TPSA) is 81.2 Å². The molecule has 138 valence electrons. The molecule has 26 heavy (non-hydrogen) atoms. The second kappa shape index (κ2) is 9.03. The number of aromatic nitrogens is 3. The maximum Gasteiger partial charge on any atom is 0.249 e. The third-order valence-electron chi connectivity index (χ3n) is 4.35. The summed E-state index contributed by atoms with van der Waals surface area (Å²) in [6.07, 6.45) is 10.1. The lowest BCUT2D eigenvalue weighted by Crippen LogP contribution is -2.08. The van der Waals surface area contributed by atoms with E-state index in [1.54, 1.807) is 26.5 Å². The zero-order valence-corrected chi connectivity index (χ0v) is 15.3. The van der Waals surface area contributed by atoms with Crippen LogP contribution in [0.3, 0.4) is 0 Å². The predicted molar refractivity (Wildman–Crippen MR) is 102 cm³/mol. The van der Waals surface area contributed by atoms with E-state index in [9.17, 15) is 0 Å². The van der Waals surface area contributed by atoms with Crippen molar-refractivity contribution in [3.63, 3.8) is 0 Å². The summed E-state index contributed by atoms with van der Waals surface area (Å²) in [7, 11) is 3.23. The molecule has 0 atom stereocenters. The van der Waals surface area contributed by atoms with Gasteiger partial charge in [-0.25, -0.2) is 0 Å². The van der Waals surface area contributed by atoms with Crippen LogP contribution in [-0.2, 0) is 0 Å². The van der Waals surface area contributed by atoms with Crippen LogP contribution < -0.4 is 20.1 Å². The molecule has 0 saturated heterocycles. The quantitative estimate of drug-likeness (QED) is 0.694. The number of rotatable bonds is 8. The molecule has 7 nitrogen and oxygen atoms in total. The van der Waals surface area contributed by atoms with E-state index in [0.29, 0.717) is 17.5 Å². The molecule has 3 rings (SSSR count). The Morgan fingerprint density at radius 1 is 1.15 bits per heavy atom. The van der Waals surface area contributed by atoms with Gasteiger partial charge in [0.25, 0.3) is 0 Å². The standard InChI is InChI=1S/C19H25N5O2/c1-25-15-8-9-16(17(12-15)26-2)22-19-23-18(13-21-24-19)20-11-10-14-6-4-3-5-7-14/h6,8-9,12-13H,3-5,7,10-11H2,1-2H3,(H2,20,22,23,24). The summed E-state index contributed by atoms with van der Waals surface area (Å²) in [5.41, 5.74) is 2.28. The Hall–Kier alpha value is -2.83. The average Bonchev–Trinajstić information content (AvgIpc) is 2.69. The van der Waals surface area contributed by atoms with Crippen molar-refractivity contribution in [2.24, 2.45) is 0 Å². The number of anilines is 3. The van der Waals surface area contributed by atoms with Gasteiger partial charge in [-0.2, -0.15) is 10.1 Å². The lowest BCUT2D eigenvalue weighted by molar-refractivity contribution is 0.395. The maximum absolute atomic E-state index is 5.38. The van der Waals surface area contributed by atoms with Crippen LogP contribution >= 0.6 is 0 Å². The fourth-order valence-corrected chi connectivity index (χ4v) is 2.95. The second-order valence-electron chi connectivity index (χ2n) is 6.14. The van der Waals surface area contributed by atoms with E-state index in [4.69, 9.17) is 9.47 Å². The van der Waals surface area contributed by atoms with E-state index >= 15 is 0 Å². The molecule has 0 radical (unpaired) electrons. The first-order chi connectivity index (χ1) is 12.8. The SMILES string of the molecule is COc1ccc(Nc2nncc(NCCC3=CCCCC3)n2)c(OC)c1. The highest BCUT2D eigenvalue weighted by molar-refractivity contribution is 5.64. The number of allylic oxidation sites excluding steroid dienone is 1. The Morgan fingerprint density at radius 3 is 2.85 bits per heavy atom. The smallest absolute Gasteiger partial charge is 0.249 e. The van der Waals surface area contributed by atoms with Crippen molar-refractivity contribution in [3.05, 3.63) is 36.0 Å². The van der Waals surface area contributed by atoms with Gasteiger partial charge in [-0.3, -0.25) is 0 Å². The van der Waals surface area contributed by atoms with Crippen molar-refractivity contribution in [1.82, 2.24) is 15.2 Å². The Kier molecular flexibility index (Phi) is 6.24. The Bertz CT molecular complexity index is 763. The molecule has 2 N–H and O–H groups in total. The Morgan fingerprint density at radius 2 is 2.08 bits per heavy atom. The highest BCUT2D eigenvalue weighted by Crippen LogP contribution is 2.30. The second-order valence-corrected chi connectivity index (χ2v) is 6.14. The summed E-state index contributed by atoms with van der Waals surface area (Å²) in [4.78, 5) is 4.47. The van der Waals surface area contributed by atoms with Crippen LogP contribution in [0.5, 0.6) is 11.5 Å². The molecule has 1 aromatic carbocycles. The van der Waals surface area contributed by atoms with Gasteiger partial charge < -0.3 is 20.1 Å². The van der Waals surface area contributed by atoms with E-state index in [1.165, 1.54) is 31.3 Å². The molecule has 7 heteroatoms. The summed E-state index contributed by atoms with van der Waals surface area (Å²) in [6, 6.07) is 5.50. The number of nitrogens with zero attached hydrogens (tertiary/aromatic N) is 3. The van der Waals surface area contributed by atoms with E-state index in [1.807, 2.05) is 12.1 Å². The van der Waals surface area contributed by atoms with Gasteiger partial charge in [0.15, 0.2) is 5.82 Å². The fourth-order valence-electron chi connectivity index (χ4n) is 2.95. The summed E-state index contributed by atoms with van der Waals surface area (Å²) < 4.78 is 10.6. The van der Waals surface area contributed by atoms with E-state index < -0.39 is 0 Å². The predicted octanol–water partition coefficient (Wildman–Crippen LogP) is 3.93. The number of ether oxygens (including phenoxy) is 2. The Labute approximate surface area is 153 Å². The van der Waals surface area contributed by atoms with Gasteiger partial charge in [0.05, 0.1) is 26.1 Å². The van der Waals surface area contributed by atoms with Crippen molar-refractivity contribution < 1.29 is 9.47 Å². The first kappa shape index (κ1) is 18.0. The molecule has 0 spiro atoms. The van der Waals surface area contributed by atoms with Gasteiger partial charge in [-0.15, -0.1) is 5.10 Å². The highest BCUT2D eigenvalue weighted by Gasteiger charge is 2.08. The van der Waals surface area contributed by atoms with Crippen molar-refractivity contribution in [2.45, 2.75) is 32.1 Å². The number of nitrogens with one attached hydrogen (secondary N) is 2. The summed E-state index contributed by atoms with van der Waals surface area (Å²) in [5, 5.41) is 14.5. The molecule has 0 unspecified atom stereocenters. The molecule has 1 aliphatic carbocycles. The largest absolute Gasteiger partial charge is 0.497 e. The minimum absolute atomic E-state index is 0.412. The number of methoxy groups -OCH3 is 2. The van der Waals surface area contributed by atoms with Crippen molar-refractivity contribution >= 4 is 17.5 Å². The zero-order valence-electron chi connectivity index (χ0n) is 15.3. The van der Waals surface area contributed by atoms with Crippen LogP contribution in [0.15, 0.2) is 36.0 Å². The molecule has 0 aliphatic heterocycles. The summed E-state index contributed by atoms with van der Waals surface area (Å²) in [6.45, 7) is 0.843. The maximum atomic E-state index is 5.38. The Balaban J connectivity index is 1.61. The molecule has 0 fully saturated rings. The van der Waals surface area contributed by atoms with Crippen LogP contribution in [-0.4, -0.2) is 35.9 Å². The molecule has 0 amide bonds. The van der Waals surface area contributed by atoms with Crippen LogP contribution in [0.4, 0.5) is 17.5 Å². The van der Waals surface area contributed by atoms with Crippen LogP contribution in [0.1, 0.15) is 32.1 Å². The van der Waals surface area contributed by atoms with Crippen LogP contribution in [0.25, 0.3) is 0 Å². The van der Waals surface area contributed by atoms with E-state index in [2.05, 4.69) is 31.9 Å². The molecule has 1 heterocycles. The normalized spacial score (nSPS) is 13.7. The lowest BCUT2D eigenvalue weighted by Gasteiger charge is -2.13. The van der Waals surface area contributed by atoms with Gasteiger partial charge in [0.1, 0.15) is 11.5 Å². The number of hydrogen-bond acceptors (Lipinski definition) is 7. The minimum Gasteiger partial charge on any atom is -0.497 e. The fraction of sp³-hybridized carbons (Fsp3) is 0.421. The van der Waals surface area contributed by atoms with Crippen molar-refractivity contribution in [2.75, 3.05) is 31.4 Å². The van der Waals surface area contributed by atoms with E-state index in [-0.39, 0.29) is 0 Å². The van der Waals surface area contributed by atoms with Crippen LogP contribution in [0.2, 0.25) is 0 Å². The third-order valence-corrected chi connectivity index (χ3v) is 4.35. The molecule has 0 bridgehead atoms. The molecule has 1 aliphatic rings. The average molecular weight is 355 g/mol. The van der Waals surface area contributed by atoms with Gasteiger partial charge in [0, 0.05) is 12.6 Å². The summed E-state index contributed by atoms with van der Waals surface area (Å²) >= 11 is 0. The third kappa shape index (κ3) is 4.84. The van der Waals surface area contributed by atoms with Gasteiger partial charge >= 0.3 is 0 Å². The van der Waals surface area contributed by atoms with Crippen molar-refractivity contribution in [1.29, 1.82) is 0 Å². The van der Waals surface area contributed by atoms with Crippen molar-refractivity contribution in [3.8, 4) is 11.5 Å². The monoisotopic (exact) mass is 355 g/mol. The minimum atomic E-state index is 0.412. The highest BCUT2D eigenvalue weighted by atomic mass is 16.5. The van der Waals surface area contributed by atoms with E-state index in [0.717, 1.165) is 24.4 Å². The molecule has 1 aromatic heterocycles. The molecule has 2 aromatic rings. The van der Waals surface area contributed by atoms with Gasteiger partial charge in [-0.1, -0.05) is 11.6 Å². The first-order valence-corrected chi connectivity index (χ1v) is 8.89. The van der Waals surface area contributed by atoms with Gasteiger partial charge in [-0.05, 0) is 44.2 Å². The van der Waals surface area contributed by atoms with Gasteiger partial charge in [0.2, 0.25) is 5.95 Å². The lowest BCUT2D eigenvalue weighted by atomic mass is 9.97. The molecular formula is C19H25N5O2. The summed E-state index contributed by atoms with van der Waals surface area (Å²) in [5.74, 6) is 2.48. The van der Waals surface area contributed by atoms with Crippen LogP contribution in [0, 0.1) is 0 Å².